The molecule has 1 saturated heterocycles. The zero-order chi connectivity index (χ0) is 11.5. The predicted octanol–water partition coefficient (Wildman–Crippen LogP) is -0.603. The van der Waals surface area contributed by atoms with Crippen molar-refractivity contribution in [3.63, 3.8) is 0 Å². The van der Waals surface area contributed by atoms with Gasteiger partial charge in [-0.25, -0.2) is 0 Å². The minimum absolute atomic E-state index is 0.0715. The van der Waals surface area contributed by atoms with Gasteiger partial charge in [-0.1, -0.05) is 0 Å². The maximum Gasteiger partial charge on any atom is 0.146 e. The van der Waals surface area contributed by atoms with E-state index >= 15 is 0 Å². The molecule has 6 nitrogen and oxygen atoms in total. The molecular formula is C10H18N4O2. The van der Waals surface area contributed by atoms with Crippen molar-refractivity contribution >= 4 is 0 Å². The van der Waals surface area contributed by atoms with Gasteiger partial charge in [0.25, 0.3) is 0 Å². The molecule has 2 atom stereocenters. The normalized spacial score (nSPS) is 27.2. The van der Waals surface area contributed by atoms with Gasteiger partial charge in [0.05, 0.1) is 25.9 Å². The number of rotatable bonds is 3. The van der Waals surface area contributed by atoms with Crippen LogP contribution in [0.15, 0.2) is 6.33 Å². The Morgan fingerprint density at radius 2 is 2.44 bits per heavy atom. The summed E-state index contributed by atoms with van der Waals surface area (Å²) in [5.41, 5.74) is 0. The van der Waals surface area contributed by atoms with Crippen molar-refractivity contribution in [1.29, 1.82) is 0 Å². The number of morpholine rings is 1. The zero-order valence-electron chi connectivity index (χ0n) is 9.70. The Bertz CT molecular complexity index is 341. The lowest BCUT2D eigenvalue weighted by Crippen LogP contribution is -2.49. The van der Waals surface area contributed by atoms with Crippen LogP contribution in [-0.4, -0.2) is 56.7 Å². The summed E-state index contributed by atoms with van der Waals surface area (Å²) < 4.78 is 7.40. The fourth-order valence-corrected chi connectivity index (χ4v) is 1.84. The number of ether oxygens (including phenoxy) is 1. The fraction of sp³-hybridized carbons (Fsp3) is 0.800. The van der Waals surface area contributed by atoms with Crippen molar-refractivity contribution < 1.29 is 9.84 Å². The molecule has 6 heteroatoms. The zero-order valence-corrected chi connectivity index (χ0v) is 9.70. The van der Waals surface area contributed by atoms with Crippen LogP contribution in [0.1, 0.15) is 12.7 Å². The largest absolute Gasteiger partial charge is 0.394 e. The molecule has 1 aromatic rings. The number of aryl methyl sites for hydroxylation is 1. The standard InChI is InChI=1S/C10H18N4O2/c1-8-6-16-9(5-15)3-14(8)4-10-12-11-7-13(10)2/h7-9,15H,3-6H2,1-2H3. The Morgan fingerprint density at radius 3 is 3.06 bits per heavy atom. The summed E-state index contributed by atoms with van der Waals surface area (Å²) in [7, 11) is 1.93. The Kier molecular flexibility index (Phi) is 3.52. The summed E-state index contributed by atoms with van der Waals surface area (Å²) in [6.45, 7) is 4.33. The topological polar surface area (TPSA) is 63.4 Å². The van der Waals surface area contributed by atoms with Gasteiger partial charge in [-0.3, -0.25) is 4.90 Å². The van der Waals surface area contributed by atoms with Crippen LogP contribution in [0.25, 0.3) is 0 Å². The fourth-order valence-electron chi connectivity index (χ4n) is 1.84. The van der Waals surface area contributed by atoms with Crippen LogP contribution in [0.2, 0.25) is 0 Å². The predicted molar refractivity (Wildman–Crippen MR) is 57.7 cm³/mol. The van der Waals surface area contributed by atoms with Crippen molar-refractivity contribution in [2.24, 2.45) is 7.05 Å². The highest BCUT2D eigenvalue weighted by Gasteiger charge is 2.26. The van der Waals surface area contributed by atoms with Gasteiger partial charge in [-0.05, 0) is 6.92 Å². The van der Waals surface area contributed by atoms with E-state index in [2.05, 4.69) is 22.0 Å². The molecule has 1 aromatic heterocycles. The molecule has 1 aliphatic rings. The lowest BCUT2D eigenvalue weighted by molar-refractivity contribution is -0.0814. The summed E-state index contributed by atoms with van der Waals surface area (Å²) in [4.78, 5) is 2.26. The van der Waals surface area contributed by atoms with E-state index in [0.29, 0.717) is 12.6 Å². The van der Waals surface area contributed by atoms with Crippen molar-refractivity contribution in [3.8, 4) is 0 Å². The van der Waals surface area contributed by atoms with E-state index in [1.165, 1.54) is 0 Å². The molecule has 0 aromatic carbocycles. The van der Waals surface area contributed by atoms with E-state index < -0.39 is 0 Å². The molecule has 0 amide bonds. The second-order valence-corrected chi connectivity index (χ2v) is 4.27. The molecule has 1 N–H and O–H groups in total. The van der Waals surface area contributed by atoms with Gasteiger partial charge >= 0.3 is 0 Å². The molecular weight excluding hydrogens is 208 g/mol. The number of hydrogen-bond donors (Lipinski definition) is 1. The molecule has 0 aliphatic carbocycles. The van der Waals surface area contributed by atoms with Crippen LogP contribution in [-0.2, 0) is 18.3 Å². The quantitative estimate of drug-likeness (QED) is 0.745. The summed E-state index contributed by atoms with van der Waals surface area (Å²) >= 11 is 0. The third-order valence-corrected chi connectivity index (χ3v) is 2.99. The first kappa shape index (κ1) is 11.5. The highest BCUT2D eigenvalue weighted by molar-refractivity contribution is 4.87. The smallest absolute Gasteiger partial charge is 0.146 e. The molecule has 90 valence electrons. The number of nitrogens with zero attached hydrogens (tertiary/aromatic N) is 4. The molecule has 2 heterocycles. The average molecular weight is 226 g/mol. The second-order valence-electron chi connectivity index (χ2n) is 4.27. The van der Waals surface area contributed by atoms with Gasteiger partial charge in [0, 0.05) is 19.6 Å². The first-order chi connectivity index (χ1) is 7.70. The summed E-state index contributed by atoms with van der Waals surface area (Å²) in [5, 5.41) is 17.0. The van der Waals surface area contributed by atoms with Crippen molar-refractivity contribution in [2.75, 3.05) is 19.8 Å². The van der Waals surface area contributed by atoms with Gasteiger partial charge in [0.1, 0.15) is 12.2 Å². The minimum atomic E-state index is -0.0792. The lowest BCUT2D eigenvalue weighted by atomic mass is 10.2. The first-order valence-corrected chi connectivity index (χ1v) is 5.50. The van der Waals surface area contributed by atoms with Crippen molar-refractivity contribution in [2.45, 2.75) is 25.6 Å². The van der Waals surface area contributed by atoms with E-state index in [0.717, 1.165) is 18.9 Å². The van der Waals surface area contributed by atoms with E-state index in [9.17, 15) is 0 Å². The molecule has 0 saturated carbocycles. The van der Waals surface area contributed by atoms with Gasteiger partial charge in [-0.2, -0.15) is 0 Å². The molecule has 16 heavy (non-hydrogen) atoms. The van der Waals surface area contributed by atoms with E-state index in [1.54, 1.807) is 6.33 Å². The maximum atomic E-state index is 9.09. The Labute approximate surface area is 94.8 Å². The van der Waals surface area contributed by atoms with Crippen molar-refractivity contribution in [1.82, 2.24) is 19.7 Å². The second kappa shape index (κ2) is 4.90. The van der Waals surface area contributed by atoms with Gasteiger partial charge < -0.3 is 14.4 Å². The SMILES string of the molecule is CC1COC(CO)CN1Cc1nncn1C. The van der Waals surface area contributed by atoms with E-state index in [4.69, 9.17) is 9.84 Å². The maximum absolute atomic E-state index is 9.09. The van der Waals surface area contributed by atoms with Crippen LogP contribution >= 0.6 is 0 Å². The number of hydrogen-bond acceptors (Lipinski definition) is 5. The van der Waals surface area contributed by atoms with Crippen LogP contribution in [0.5, 0.6) is 0 Å². The summed E-state index contributed by atoms with van der Waals surface area (Å²) in [5.74, 6) is 0.936. The monoisotopic (exact) mass is 226 g/mol. The highest BCUT2D eigenvalue weighted by Crippen LogP contribution is 2.13. The van der Waals surface area contributed by atoms with Crippen LogP contribution in [0.4, 0.5) is 0 Å². The van der Waals surface area contributed by atoms with E-state index in [1.807, 2.05) is 11.6 Å². The van der Waals surface area contributed by atoms with Crippen LogP contribution < -0.4 is 0 Å². The third kappa shape index (κ3) is 2.40. The Balaban J connectivity index is 1.99. The highest BCUT2D eigenvalue weighted by atomic mass is 16.5. The van der Waals surface area contributed by atoms with Crippen LogP contribution in [0, 0.1) is 0 Å². The first-order valence-electron chi connectivity index (χ1n) is 5.50. The minimum Gasteiger partial charge on any atom is -0.394 e. The Morgan fingerprint density at radius 1 is 1.62 bits per heavy atom. The summed E-state index contributed by atoms with van der Waals surface area (Å²) in [6.07, 6.45) is 1.62. The van der Waals surface area contributed by atoms with E-state index in [-0.39, 0.29) is 12.7 Å². The molecule has 0 radical (unpaired) electrons. The molecule has 1 aliphatic heterocycles. The third-order valence-electron chi connectivity index (χ3n) is 2.99. The van der Waals surface area contributed by atoms with Gasteiger partial charge in [0.15, 0.2) is 0 Å². The average Bonchev–Trinajstić information content (AvgIpc) is 2.68. The molecule has 2 unspecified atom stereocenters. The number of aliphatic hydroxyl groups is 1. The lowest BCUT2D eigenvalue weighted by Gasteiger charge is -2.36. The Hall–Kier alpha value is -0.980. The number of aliphatic hydroxyl groups excluding tert-OH is 1. The van der Waals surface area contributed by atoms with Crippen LogP contribution in [0.3, 0.4) is 0 Å². The van der Waals surface area contributed by atoms with Crippen molar-refractivity contribution in [3.05, 3.63) is 12.2 Å². The van der Waals surface area contributed by atoms with Gasteiger partial charge in [-0.15, -0.1) is 10.2 Å². The molecule has 2 rings (SSSR count). The number of aromatic nitrogens is 3. The van der Waals surface area contributed by atoms with Gasteiger partial charge in [0.2, 0.25) is 0 Å². The molecule has 0 spiro atoms. The molecule has 1 fully saturated rings. The molecule has 0 bridgehead atoms. The summed E-state index contributed by atoms with van der Waals surface area (Å²) in [6, 6.07) is 0.347.